The van der Waals surface area contributed by atoms with Gasteiger partial charge >= 0.3 is 30.8 Å². The lowest BCUT2D eigenvalue weighted by atomic mass is 10.0. The number of aliphatic carboxylic acids is 1. The molecule has 1 aliphatic heterocycles. The predicted molar refractivity (Wildman–Crippen MR) is 188 cm³/mol. The van der Waals surface area contributed by atoms with Crippen molar-refractivity contribution < 1.29 is 68.1 Å². The van der Waals surface area contributed by atoms with Gasteiger partial charge in [0.05, 0.1) is 23.8 Å². The van der Waals surface area contributed by atoms with Crippen molar-refractivity contribution in [2.24, 2.45) is 0 Å². The van der Waals surface area contributed by atoms with Gasteiger partial charge in [-0.1, -0.05) is 19.1 Å². The Morgan fingerprint density at radius 1 is 1.02 bits per heavy atom. The number of pyridine rings is 1. The SMILES string of the molecule is CCS(=O)(=O)c1ccc(NC(=O)OC)cc1[C@H]1CCCN1C(=O)[C@H](Nc1ccc2c(N)nccc2c1)c1cccc(OC(F)(F)C(F)F)c1.O=C(O)C(F)(F)F. The van der Waals surface area contributed by atoms with Crippen molar-refractivity contribution in [3.8, 4) is 5.75 Å². The number of halogens is 7. The van der Waals surface area contributed by atoms with Crippen LogP contribution in [0.5, 0.6) is 5.75 Å². The highest BCUT2D eigenvalue weighted by Gasteiger charge is 2.44. The minimum Gasteiger partial charge on any atom is -0.475 e. The van der Waals surface area contributed by atoms with Crippen LogP contribution in [0.3, 0.4) is 0 Å². The number of carboxylic acid groups (broad SMARTS) is 1. The summed E-state index contributed by atoms with van der Waals surface area (Å²) in [7, 11) is -2.63. The first-order valence-electron chi connectivity index (χ1n) is 16.4. The second-order valence-corrected chi connectivity index (χ2v) is 14.3. The van der Waals surface area contributed by atoms with Gasteiger partial charge in [0.2, 0.25) is 5.91 Å². The number of carbonyl (C=O) groups is 3. The number of aromatic nitrogens is 1. The van der Waals surface area contributed by atoms with Crippen LogP contribution in [0.2, 0.25) is 0 Å². The van der Waals surface area contributed by atoms with Crippen LogP contribution in [0.4, 0.5) is 52.7 Å². The van der Waals surface area contributed by atoms with Crippen LogP contribution in [0.1, 0.15) is 43.0 Å². The average molecular weight is 818 g/mol. The quantitative estimate of drug-likeness (QED) is 0.112. The number of likely N-dealkylation sites (tertiary alicyclic amines) is 1. The van der Waals surface area contributed by atoms with E-state index in [1.165, 1.54) is 55.5 Å². The molecule has 21 heteroatoms. The van der Waals surface area contributed by atoms with Gasteiger partial charge < -0.3 is 30.5 Å². The lowest BCUT2D eigenvalue weighted by molar-refractivity contribution is -0.253. The topological polar surface area (TPSA) is 190 Å². The van der Waals surface area contributed by atoms with Gasteiger partial charge in [0, 0.05) is 29.5 Å². The number of amides is 2. The summed E-state index contributed by atoms with van der Waals surface area (Å²) in [6.07, 6.45) is -12.4. The number of hydrogen-bond acceptors (Lipinski definition) is 10. The Kier molecular flexibility index (Phi) is 13.2. The fourth-order valence-corrected chi connectivity index (χ4v) is 6.86. The Morgan fingerprint density at radius 2 is 1.70 bits per heavy atom. The van der Waals surface area contributed by atoms with E-state index in [1.807, 2.05) is 0 Å². The third-order valence-electron chi connectivity index (χ3n) is 8.35. The number of ether oxygens (including phenoxy) is 2. The van der Waals surface area contributed by atoms with Crippen molar-refractivity contribution in [1.82, 2.24) is 9.88 Å². The van der Waals surface area contributed by atoms with Crippen molar-refractivity contribution in [3.05, 3.63) is 84.1 Å². The average Bonchev–Trinajstić information content (AvgIpc) is 3.63. The number of carboxylic acids is 1. The highest BCUT2D eigenvalue weighted by molar-refractivity contribution is 7.91. The lowest BCUT2D eigenvalue weighted by Gasteiger charge is -2.31. The number of nitrogens with two attached hydrogens (primary N) is 1. The number of benzene rings is 3. The molecule has 2 amide bonds. The molecule has 1 fully saturated rings. The molecule has 0 radical (unpaired) electrons. The smallest absolute Gasteiger partial charge is 0.475 e. The molecule has 2 heterocycles. The lowest BCUT2D eigenvalue weighted by Crippen LogP contribution is -2.38. The van der Waals surface area contributed by atoms with Gasteiger partial charge in [0.25, 0.3) is 0 Å². The number of methoxy groups -OCH3 is 1. The van der Waals surface area contributed by atoms with Crippen molar-refractivity contribution in [2.45, 2.75) is 55.5 Å². The van der Waals surface area contributed by atoms with Crippen molar-refractivity contribution in [1.29, 1.82) is 0 Å². The molecular formula is C35H34F7N5O8S. The first-order chi connectivity index (χ1) is 26.2. The molecule has 2 atom stereocenters. The van der Waals surface area contributed by atoms with Crippen LogP contribution in [-0.2, 0) is 24.2 Å². The number of sulfone groups is 1. The number of rotatable bonds is 11. The summed E-state index contributed by atoms with van der Waals surface area (Å²) in [6, 6.07) is 13.8. The Bertz CT molecular complexity index is 2190. The van der Waals surface area contributed by atoms with Crippen molar-refractivity contribution >= 4 is 55.8 Å². The Hall–Kier alpha value is -5.86. The van der Waals surface area contributed by atoms with Crippen LogP contribution in [0, 0.1) is 0 Å². The van der Waals surface area contributed by atoms with Gasteiger partial charge in [-0.15, -0.1) is 0 Å². The molecule has 1 aromatic heterocycles. The minimum atomic E-state index is -5.08. The summed E-state index contributed by atoms with van der Waals surface area (Å²) in [4.78, 5) is 40.9. The van der Waals surface area contributed by atoms with Crippen LogP contribution in [0.25, 0.3) is 10.8 Å². The van der Waals surface area contributed by atoms with E-state index in [-0.39, 0.29) is 39.8 Å². The van der Waals surface area contributed by atoms with Gasteiger partial charge in [-0.3, -0.25) is 10.1 Å². The zero-order valence-electron chi connectivity index (χ0n) is 29.3. The molecule has 0 saturated carbocycles. The fourth-order valence-electron chi connectivity index (χ4n) is 5.72. The number of anilines is 3. The Balaban J connectivity index is 0.000000908. The monoisotopic (exact) mass is 817 g/mol. The first kappa shape index (κ1) is 42.9. The molecule has 5 N–H and O–H groups in total. The van der Waals surface area contributed by atoms with E-state index in [4.69, 9.17) is 15.6 Å². The summed E-state index contributed by atoms with van der Waals surface area (Å²) in [5, 5.41) is 14.1. The molecule has 0 bridgehead atoms. The number of fused-ring (bicyclic) bond motifs is 1. The normalized spacial score (nSPS) is 15.1. The fraction of sp³-hybridized carbons (Fsp3) is 0.314. The maximum atomic E-state index is 14.6. The van der Waals surface area contributed by atoms with Crippen LogP contribution in [0.15, 0.2) is 77.8 Å². The Labute approximate surface area is 314 Å². The molecule has 1 saturated heterocycles. The number of hydrogen-bond donors (Lipinski definition) is 4. The van der Waals surface area contributed by atoms with Gasteiger partial charge in [0.1, 0.15) is 17.6 Å². The van der Waals surface area contributed by atoms with E-state index in [0.717, 1.165) is 12.1 Å². The summed E-state index contributed by atoms with van der Waals surface area (Å²) in [5.41, 5.74) is 7.03. The number of carbonyl (C=O) groups excluding carboxylic acids is 2. The summed E-state index contributed by atoms with van der Waals surface area (Å²) >= 11 is 0. The maximum Gasteiger partial charge on any atom is 0.490 e. The van der Waals surface area contributed by atoms with Crippen molar-refractivity contribution in [3.63, 3.8) is 0 Å². The van der Waals surface area contributed by atoms with Crippen LogP contribution >= 0.6 is 0 Å². The van der Waals surface area contributed by atoms with Gasteiger partial charge in [-0.25, -0.2) is 23.0 Å². The number of nitrogens with one attached hydrogen (secondary N) is 2. The molecule has 302 valence electrons. The number of nitrogen functional groups attached to an aromatic ring is 1. The van der Waals surface area contributed by atoms with Crippen molar-refractivity contribution in [2.75, 3.05) is 35.8 Å². The zero-order valence-corrected chi connectivity index (χ0v) is 30.1. The largest absolute Gasteiger partial charge is 0.490 e. The molecular weight excluding hydrogens is 783 g/mol. The first-order valence-corrected chi connectivity index (χ1v) is 18.0. The standard InChI is InChI=1S/C33H33F4N5O6S.C2HF3O2/c1-3-49(45,46)27-12-10-22(41-32(44)47-2)18-25(27)26-8-5-15-42(26)30(43)28(20-6-4-7-23(17-20)48-33(36,37)31(34)35)40-21-9-11-24-19(16-21)13-14-39-29(24)38;3-2(4,5)1(6)7/h4,6-7,9-14,16-18,26,28,31,40H,3,5,8,15H2,1-2H3,(H2,38,39)(H,41,44);(H,6,7)/t26-,28-;/m1./s1. The molecule has 5 rings (SSSR count). The molecule has 0 unspecified atom stereocenters. The van der Waals surface area contributed by atoms with E-state index < -0.39 is 64.4 Å². The minimum absolute atomic E-state index is 0.0232. The summed E-state index contributed by atoms with van der Waals surface area (Å²) < 4.78 is 121. The molecule has 0 aliphatic carbocycles. The highest BCUT2D eigenvalue weighted by atomic mass is 32.2. The third kappa shape index (κ3) is 10.3. The van der Waals surface area contributed by atoms with Crippen LogP contribution in [-0.4, -0.2) is 79.5 Å². The molecule has 13 nitrogen and oxygen atoms in total. The van der Waals surface area contributed by atoms with Gasteiger partial charge in [0.15, 0.2) is 9.84 Å². The molecule has 56 heavy (non-hydrogen) atoms. The zero-order chi connectivity index (χ0) is 41.6. The second kappa shape index (κ2) is 17.3. The van der Waals surface area contributed by atoms with Gasteiger partial charge in [-0.2, -0.15) is 30.7 Å². The molecule has 1 aliphatic rings. The van der Waals surface area contributed by atoms with E-state index in [2.05, 4.69) is 25.1 Å². The van der Waals surface area contributed by atoms with E-state index >= 15 is 0 Å². The summed E-state index contributed by atoms with van der Waals surface area (Å²) in [5.74, 6) is -3.88. The predicted octanol–water partition coefficient (Wildman–Crippen LogP) is 7.18. The Morgan fingerprint density at radius 3 is 2.32 bits per heavy atom. The van der Waals surface area contributed by atoms with E-state index in [9.17, 15) is 48.7 Å². The van der Waals surface area contributed by atoms with E-state index in [0.29, 0.717) is 29.3 Å². The second-order valence-electron chi connectivity index (χ2n) is 12.0. The third-order valence-corrected chi connectivity index (χ3v) is 10.1. The van der Waals surface area contributed by atoms with Gasteiger partial charge in [-0.05, 0) is 84.0 Å². The van der Waals surface area contributed by atoms with E-state index in [1.54, 1.807) is 24.3 Å². The maximum absolute atomic E-state index is 14.6. The molecule has 4 aromatic rings. The van der Waals surface area contributed by atoms with Crippen LogP contribution < -0.4 is 21.1 Å². The molecule has 3 aromatic carbocycles. The highest BCUT2D eigenvalue weighted by Crippen LogP contribution is 2.40. The summed E-state index contributed by atoms with van der Waals surface area (Å²) in [6.45, 7) is 1.68. The number of nitrogens with zero attached hydrogens (tertiary/aromatic N) is 2. The molecule has 0 spiro atoms. The number of alkyl halides is 7.